The van der Waals surface area contributed by atoms with Gasteiger partial charge in [-0.25, -0.2) is 0 Å². The van der Waals surface area contributed by atoms with Crippen molar-refractivity contribution in [1.29, 1.82) is 0 Å². The van der Waals surface area contributed by atoms with E-state index < -0.39 is 4.92 Å². The normalized spacial score (nSPS) is 14.8. The molecular weight excluding hydrogens is 432 g/mol. The van der Waals surface area contributed by atoms with Crippen LogP contribution in [-0.2, 0) is 11.4 Å². The van der Waals surface area contributed by atoms with Crippen molar-refractivity contribution in [2.24, 2.45) is 0 Å². The molecule has 0 radical (unpaired) electrons. The number of rotatable bonds is 6. The first-order valence-corrected chi connectivity index (χ1v) is 10.5. The first-order valence-electron chi connectivity index (χ1n) is 9.30. The summed E-state index contributed by atoms with van der Waals surface area (Å²) in [7, 11) is 0. The predicted octanol–water partition coefficient (Wildman–Crippen LogP) is 5.58. The van der Waals surface area contributed by atoms with Crippen LogP contribution in [0.1, 0.15) is 11.1 Å². The lowest BCUT2D eigenvalue weighted by atomic mass is 10.2. The second kappa shape index (κ2) is 9.11. The third kappa shape index (κ3) is 4.82. The highest BCUT2D eigenvalue weighted by Crippen LogP contribution is 2.36. The number of ether oxygens (including phenoxy) is 1. The SMILES string of the molecule is O=C1C(=Cc2cccc(OCc3ccc([N+](=O)[O-])cc3)c2)SC(=S)N1c1ccccc1. The summed E-state index contributed by atoms with van der Waals surface area (Å²) >= 11 is 6.66. The fourth-order valence-corrected chi connectivity index (χ4v) is 4.29. The number of benzene rings is 3. The molecule has 1 fully saturated rings. The largest absolute Gasteiger partial charge is 0.489 e. The van der Waals surface area contributed by atoms with Crippen LogP contribution >= 0.6 is 24.0 Å². The Morgan fingerprint density at radius 2 is 1.77 bits per heavy atom. The second-order valence-electron chi connectivity index (χ2n) is 6.64. The summed E-state index contributed by atoms with van der Waals surface area (Å²) in [4.78, 5) is 25.2. The van der Waals surface area contributed by atoms with Gasteiger partial charge in [0.2, 0.25) is 0 Å². The van der Waals surface area contributed by atoms with Crippen LogP contribution < -0.4 is 9.64 Å². The molecule has 1 saturated heterocycles. The summed E-state index contributed by atoms with van der Waals surface area (Å²) in [6.45, 7) is 0.275. The van der Waals surface area contributed by atoms with Gasteiger partial charge >= 0.3 is 0 Å². The number of carbonyl (C=O) groups is 1. The molecule has 1 amide bonds. The lowest BCUT2D eigenvalue weighted by Gasteiger charge is -2.13. The van der Waals surface area contributed by atoms with Crippen LogP contribution in [0.4, 0.5) is 11.4 Å². The third-order valence-corrected chi connectivity index (χ3v) is 5.82. The van der Waals surface area contributed by atoms with E-state index in [2.05, 4.69) is 0 Å². The van der Waals surface area contributed by atoms with Gasteiger partial charge < -0.3 is 4.74 Å². The number of anilines is 1. The maximum absolute atomic E-state index is 12.9. The van der Waals surface area contributed by atoms with Crippen molar-refractivity contribution in [3.05, 3.63) is 105 Å². The Kier molecular flexibility index (Phi) is 6.11. The Morgan fingerprint density at radius 3 is 2.48 bits per heavy atom. The number of nitro benzene ring substituents is 1. The molecule has 4 rings (SSSR count). The van der Waals surface area contributed by atoms with Gasteiger partial charge in [0.15, 0.2) is 4.32 Å². The van der Waals surface area contributed by atoms with Crippen LogP contribution in [0.5, 0.6) is 5.75 Å². The average molecular weight is 449 g/mol. The molecule has 0 aromatic heterocycles. The summed E-state index contributed by atoms with van der Waals surface area (Å²) in [6, 6.07) is 22.9. The molecule has 0 unspecified atom stereocenters. The summed E-state index contributed by atoms with van der Waals surface area (Å²) in [5.41, 5.74) is 2.42. The van der Waals surface area contributed by atoms with Crippen LogP contribution in [0.2, 0.25) is 0 Å². The van der Waals surface area contributed by atoms with Crippen LogP contribution in [0.15, 0.2) is 83.8 Å². The van der Waals surface area contributed by atoms with Gasteiger partial charge in [0.1, 0.15) is 12.4 Å². The number of non-ortho nitro benzene ring substituents is 1. The van der Waals surface area contributed by atoms with Crippen LogP contribution in [0, 0.1) is 10.1 Å². The number of amides is 1. The highest BCUT2D eigenvalue weighted by Gasteiger charge is 2.33. The highest BCUT2D eigenvalue weighted by atomic mass is 32.2. The number of thiocarbonyl (C=S) groups is 1. The Morgan fingerprint density at radius 1 is 1.03 bits per heavy atom. The second-order valence-corrected chi connectivity index (χ2v) is 8.31. The minimum atomic E-state index is -0.436. The molecule has 8 heteroatoms. The third-order valence-electron chi connectivity index (χ3n) is 4.52. The van der Waals surface area contributed by atoms with Crippen molar-refractivity contribution in [1.82, 2.24) is 0 Å². The van der Waals surface area contributed by atoms with Gasteiger partial charge in [-0.1, -0.05) is 54.3 Å². The lowest BCUT2D eigenvalue weighted by molar-refractivity contribution is -0.384. The molecule has 0 atom stereocenters. The van der Waals surface area contributed by atoms with Crippen molar-refractivity contribution < 1.29 is 14.5 Å². The smallest absolute Gasteiger partial charge is 0.270 e. The number of nitro groups is 1. The van der Waals surface area contributed by atoms with Crippen molar-refractivity contribution in [3.63, 3.8) is 0 Å². The Labute approximate surface area is 188 Å². The van der Waals surface area contributed by atoms with E-state index in [1.165, 1.54) is 28.8 Å². The van der Waals surface area contributed by atoms with Gasteiger partial charge in [0.25, 0.3) is 11.6 Å². The summed E-state index contributed by atoms with van der Waals surface area (Å²) in [5.74, 6) is 0.476. The number of carbonyl (C=O) groups excluding carboxylic acids is 1. The van der Waals surface area contributed by atoms with Gasteiger partial charge in [-0.2, -0.15) is 0 Å². The molecule has 0 saturated carbocycles. The zero-order valence-corrected chi connectivity index (χ0v) is 17.8. The molecule has 1 aliphatic rings. The van der Waals surface area contributed by atoms with E-state index in [0.29, 0.717) is 15.0 Å². The first kappa shape index (κ1) is 20.8. The van der Waals surface area contributed by atoms with Crippen molar-refractivity contribution in [3.8, 4) is 5.75 Å². The summed E-state index contributed by atoms with van der Waals surface area (Å²) in [6.07, 6.45) is 1.79. The zero-order valence-electron chi connectivity index (χ0n) is 16.1. The minimum absolute atomic E-state index is 0.0403. The van der Waals surface area contributed by atoms with E-state index in [0.717, 1.165) is 16.8 Å². The van der Waals surface area contributed by atoms with Gasteiger partial charge in [0.05, 0.1) is 15.5 Å². The van der Waals surface area contributed by atoms with E-state index in [-0.39, 0.29) is 18.2 Å². The molecule has 6 nitrogen and oxygen atoms in total. The molecule has 31 heavy (non-hydrogen) atoms. The molecule has 0 spiro atoms. The number of para-hydroxylation sites is 1. The summed E-state index contributed by atoms with van der Waals surface area (Å²) in [5, 5.41) is 10.7. The quantitative estimate of drug-likeness (QED) is 0.212. The standard InChI is InChI=1S/C23H16N2O4S2/c26-22-21(31-23(30)24(22)18-6-2-1-3-7-18)14-17-5-4-8-20(13-17)29-15-16-9-11-19(12-10-16)25(27)28/h1-14H,15H2. The zero-order chi connectivity index (χ0) is 21.8. The number of hydrogen-bond donors (Lipinski definition) is 0. The topological polar surface area (TPSA) is 72.7 Å². The highest BCUT2D eigenvalue weighted by molar-refractivity contribution is 8.27. The maximum Gasteiger partial charge on any atom is 0.270 e. The molecule has 1 aliphatic heterocycles. The van der Waals surface area contributed by atoms with Gasteiger partial charge in [-0.3, -0.25) is 19.8 Å². The molecule has 3 aromatic carbocycles. The fourth-order valence-electron chi connectivity index (χ4n) is 2.99. The van der Waals surface area contributed by atoms with Crippen molar-refractivity contribution >= 4 is 51.7 Å². The molecule has 154 valence electrons. The van der Waals surface area contributed by atoms with E-state index in [1.807, 2.05) is 54.6 Å². The average Bonchev–Trinajstić information content (AvgIpc) is 3.06. The number of thioether (sulfide) groups is 1. The monoisotopic (exact) mass is 448 g/mol. The molecular formula is C23H16N2O4S2. The van der Waals surface area contributed by atoms with Crippen LogP contribution in [0.25, 0.3) is 6.08 Å². The van der Waals surface area contributed by atoms with Crippen LogP contribution in [-0.4, -0.2) is 15.2 Å². The Hall–Kier alpha value is -3.49. The fraction of sp³-hybridized carbons (Fsp3) is 0.0435. The van der Waals surface area contributed by atoms with E-state index in [4.69, 9.17) is 17.0 Å². The molecule has 0 N–H and O–H groups in total. The first-order chi connectivity index (χ1) is 15.0. The number of nitrogens with zero attached hydrogens (tertiary/aromatic N) is 2. The molecule has 3 aromatic rings. The van der Waals surface area contributed by atoms with Crippen molar-refractivity contribution in [2.75, 3.05) is 4.90 Å². The van der Waals surface area contributed by atoms with E-state index in [9.17, 15) is 14.9 Å². The molecule has 0 bridgehead atoms. The van der Waals surface area contributed by atoms with Gasteiger partial charge in [0, 0.05) is 12.1 Å². The maximum atomic E-state index is 12.9. The Bertz CT molecular complexity index is 1180. The van der Waals surface area contributed by atoms with Gasteiger partial charge in [-0.15, -0.1) is 0 Å². The van der Waals surface area contributed by atoms with Crippen molar-refractivity contribution in [2.45, 2.75) is 6.61 Å². The lowest BCUT2D eigenvalue weighted by Crippen LogP contribution is -2.27. The predicted molar refractivity (Wildman–Crippen MR) is 126 cm³/mol. The van der Waals surface area contributed by atoms with E-state index in [1.54, 1.807) is 18.2 Å². The molecule has 0 aliphatic carbocycles. The molecule has 1 heterocycles. The van der Waals surface area contributed by atoms with Crippen LogP contribution in [0.3, 0.4) is 0 Å². The number of hydrogen-bond acceptors (Lipinski definition) is 6. The van der Waals surface area contributed by atoms with E-state index >= 15 is 0 Å². The minimum Gasteiger partial charge on any atom is -0.489 e. The Balaban J connectivity index is 1.47. The summed E-state index contributed by atoms with van der Waals surface area (Å²) < 4.78 is 6.30. The van der Waals surface area contributed by atoms with Gasteiger partial charge in [-0.05, 0) is 53.6 Å².